The van der Waals surface area contributed by atoms with Gasteiger partial charge in [0.2, 0.25) is 0 Å². The second kappa shape index (κ2) is 8.09. The van der Waals surface area contributed by atoms with Gasteiger partial charge in [-0.25, -0.2) is 0 Å². The predicted octanol–water partition coefficient (Wildman–Crippen LogP) is 2.91. The van der Waals surface area contributed by atoms with Gasteiger partial charge in [0.15, 0.2) is 6.29 Å². The minimum atomic E-state index is -0.0869. The van der Waals surface area contributed by atoms with Gasteiger partial charge in [-0.1, -0.05) is 18.2 Å². The molecule has 0 heterocycles. The summed E-state index contributed by atoms with van der Waals surface area (Å²) in [6, 6.07) is 10.3. The molecule has 0 aromatic heterocycles. The Balaban J connectivity index is 2.38. The average molecular weight is 237 g/mol. The Kier molecular flexibility index (Phi) is 6.67. The van der Waals surface area contributed by atoms with E-state index in [1.807, 2.05) is 19.9 Å². The predicted molar refractivity (Wildman–Crippen MR) is 71.4 cm³/mol. The summed E-state index contributed by atoms with van der Waals surface area (Å²) in [7, 11) is 2.09. The Morgan fingerprint density at radius 3 is 2.18 bits per heavy atom. The lowest BCUT2D eigenvalue weighted by atomic mass is 10.3. The van der Waals surface area contributed by atoms with Gasteiger partial charge >= 0.3 is 0 Å². The van der Waals surface area contributed by atoms with E-state index in [0.29, 0.717) is 13.2 Å². The normalized spacial score (nSPS) is 10.8. The van der Waals surface area contributed by atoms with E-state index in [-0.39, 0.29) is 6.29 Å². The number of benzene rings is 1. The van der Waals surface area contributed by atoms with Crippen molar-refractivity contribution in [3.63, 3.8) is 0 Å². The van der Waals surface area contributed by atoms with Crippen molar-refractivity contribution in [2.45, 2.75) is 26.6 Å². The zero-order chi connectivity index (χ0) is 12.5. The Labute approximate surface area is 104 Å². The van der Waals surface area contributed by atoms with E-state index >= 15 is 0 Å². The van der Waals surface area contributed by atoms with Crippen LogP contribution in [0.4, 0.5) is 5.69 Å². The summed E-state index contributed by atoms with van der Waals surface area (Å²) in [6.07, 6.45) is 0.795. The van der Waals surface area contributed by atoms with Crippen molar-refractivity contribution in [2.24, 2.45) is 0 Å². The zero-order valence-electron chi connectivity index (χ0n) is 11.1. The smallest absolute Gasteiger partial charge is 0.159 e. The van der Waals surface area contributed by atoms with Crippen LogP contribution in [0.5, 0.6) is 0 Å². The van der Waals surface area contributed by atoms with Crippen molar-refractivity contribution in [3.05, 3.63) is 30.3 Å². The summed E-state index contributed by atoms with van der Waals surface area (Å²) in [4.78, 5) is 2.21. The van der Waals surface area contributed by atoms with Gasteiger partial charge in [-0.2, -0.15) is 0 Å². The molecule has 0 saturated heterocycles. The molecule has 0 amide bonds. The molecular formula is C14H23NO2. The van der Waals surface area contributed by atoms with Crippen molar-refractivity contribution in [3.8, 4) is 0 Å². The number of ether oxygens (including phenoxy) is 2. The molecule has 1 aromatic carbocycles. The van der Waals surface area contributed by atoms with Crippen molar-refractivity contribution in [1.29, 1.82) is 0 Å². The van der Waals surface area contributed by atoms with E-state index in [0.717, 1.165) is 13.0 Å². The average Bonchev–Trinajstić information content (AvgIpc) is 2.37. The van der Waals surface area contributed by atoms with E-state index in [1.54, 1.807) is 0 Å². The molecule has 0 aliphatic rings. The second-order valence-corrected chi connectivity index (χ2v) is 3.89. The highest BCUT2D eigenvalue weighted by molar-refractivity contribution is 5.44. The number of anilines is 1. The first kappa shape index (κ1) is 14.0. The lowest BCUT2D eigenvalue weighted by Crippen LogP contribution is -2.26. The third kappa shape index (κ3) is 5.20. The van der Waals surface area contributed by atoms with Gasteiger partial charge in [0.25, 0.3) is 0 Å². The molecule has 0 atom stereocenters. The number of hydrogen-bond donors (Lipinski definition) is 0. The molecule has 96 valence electrons. The van der Waals surface area contributed by atoms with Crippen LogP contribution in [0.15, 0.2) is 30.3 Å². The number of rotatable bonds is 8. The van der Waals surface area contributed by atoms with E-state index in [2.05, 4.69) is 36.2 Å². The van der Waals surface area contributed by atoms with Gasteiger partial charge in [0, 0.05) is 38.9 Å². The van der Waals surface area contributed by atoms with Crippen LogP contribution in [0.3, 0.4) is 0 Å². The van der Waals surface area contributed by atoms with Gasteiger partial charge < -0.3 is 14.4 Å². The summed E-state index contributed by atoms with van der Waals surface area (Å²) in [6.45, 7) is 6.30. The maximum absolute atomic E-state index is 5.52. The molecular weight excluding hydrogens is 214 g/mol. The highest BCUT2D eigenvalue weighted by Crippen LogP contribution is 2.12. The summed E-state index contributed by atoms with van der Waals surface area (Å²) in [5, 5.41) is 0. The zero-order valence-corrected chi connectivity index (χ0v) is 11.1. The quantitative estimate of drug-likeness (QED) is 0.649. The highest BCUT2D eigenvalue weighted by Gasteiger charge is 2.09. The van der Waals surface area contributed by atoms with Gasteiger partial charge in [-0.3, -0.25) is 0 Å². The first-order valence-corrected chi connectivity index (χ1v) is 6.27. The highest BCUT2D eigenvalue weighted by atomic mass is 16.7. The van der Waals surface area contributed by atoms with Crippen LogP contribution in [0.1, 0.15) is 20.3 Å². The molecule has 0 spiro atoms. The molecule has 0 unspecified atom stereocenters. The van der Waals surface area contributed by atoms with E-state index < -0.39 is 0 Å². The van der Waals surface area contributed by atoms with E-state index in [1.165, 1.54) is 5.69 Å². The molecule has 1 rings (SSSR count). The number of nitrogens with zero attached hydrogens (tertiary/aromatic N) is 1. The van der Waals surface area contributed by atoms with Gasteiger partial charge in [-0.05, 0) is 26.0 Å². The standard InChI is InChI=1S/C14H23NO2/c1-4-16-14(17-5-2)11-12-15(3)13-9-7-6-8-10-13/h6-10,14H,4-5,11-12H2,1-3H3. The van der Waals surface area contributed by atoms with Crippen LogP contribution < -0.4 is 4.90 Å². The molecule has 3 nitrogen and oxygen atoms in total. The molecule has 0 bridgehead atoms. The fourth-order valence-corrected chi connectivity index (χ4v) is 1.70. The van der Waals surface area contributed by atoms with Gasteiger partial charge in [0.05, 0.1) is 0 Å². The lowest BCUT2D eigenvalue weighted by Gasteiger charge is -2.23. The molecule has 0 N–H and O–H groups in total. The van der Waals surface area contributed by atoms with E-state index in [9.17, 15) is 0 Å². The third-order valence-electron chi connectivity index (χ3n) is 2.60. The Bertz CT molecular complexity index is 284. The SMILES string of the molecule is CCOC(CCN(C)c1ccccc1)OCC. The largest absolute Gasteiger partial charge is 0.374 e. The number of para-hydroxylation sites is 1. The lowest BCUT2D eigenvalue weighted by molar-refractivity contribution is -0.137. The second-order valence-electron chi connectivity index (χ2n) is 3.89. The monoisotopic (exact) mass is 237 g/mol. The molecule has 0 radical (unpaired) electrons. The molecule has 0 saturated carbocycles. The van der Waals surface area contributed by atoms with E-state index in [4.69, 9.17) is 9.47 Å². The number of hydrogen-bond acceptors (Lipinski definition) is 3. The van der Waals surface area contributed by atoms with Crippen LogP contribution >= 0.6 is 0 Å². The summed E-state index contributed by atoms with van der Waals surface area (Å²) in [5.74, 6) is 0. The fraction of sp³-hybridized carbons (Fsp3) is 0.571. The minimum absolute atomic E-state index is 0.0869. The fourth-order valence-electron chi connectivity index (χ4n) is 1.70. The minimum Gasteiger partial charge on any atom is -0.374 e. The molecule has 3 heteroatoms. The van der Waals surface area contributed by atoms with Crippen molar-refractivity contribution in [2.75, 3.05) is 31.7 Å². The maximum atomic E-state index is 5.52. The molecule has 0 aliphatic carbocycles. The summed E-state index contributed by atoms with van der Waals surface area (Å²) < 4.78 is 11.0. The Hall–Kier alpha value is -1.06. The van der Waals surface area contributed by atoms with Crippen molar-refractivity contribution in [1.82, 2.24) is 0 Å². The van der Waals surface area contributed by atoms with Crippen LogP contribution in [-0.2, 0) is 9.47 Å². The maximum Gasteiger partial charge on any atom is 0.159 e. The summed E-state index contributed by atoms with van der Waals surface area (Å²) >= 11 is 0. The van der Waals surface area contributed by atoms with Crippen molar-refractivity contribution >= 4 is 5.69 Å². The summed E-state index contributed by atoms with van der Waals surface area (Å²) in [5.41, 5.74) is 1.22. The Morgan fingerprint density at radius 2 is 1.65 bits per heavy atom. The first-order valence-electron chi connectivity index (χ1n) is 6.27. The molecule has 0 aliphatic heterocycles. The van der Waals surface area contributed by atoms with Crippen LogP contribution in [-0.4, -0.2) is 33.1 Å². The Morgan fingerprint density at radius 1 is 1.06 bits per heavy atom. The molecule has 17 heavy (non-hydrogen) atoms. The first-order chi connectivity index (χ1) is 8.27. The van der Waals surface area contributed by atoms with Gasteiger partial charge in [0.1, 0.15) is 0 Å². The van der Waals surface area contributed by atoms with Gasteiger partial charge in [-0.15, -0.1) is 0 Å². The van der Waals surface area contributed by atoms with Crippen molar-refractivity contribution < 1.29 is 9.47 Å². The molecule has 0 fully saturated rings. The van der Waals surface area contributed by atoms with Crippen LogP contribution in [0.25, 0.3) is 0 Å². The van der Waals surface area contributed by atoms with Crippen LogP contribution in [0.2, 0.25) is 0 Å². The topological polar surface area (TPSA) is 21.7 Å². The van der Waals surface area contributed by atoms with Crippen LogP contribution in [0, 0.1) is 0 Å². The third-order valence-corrected chi connectivity index (χ3v) is 2.60. The molecule has 1 aromatic rings.